The monoisotopic (exact) mass is 1120 g/mol. The lowest BCUT2D eigenvalue weighted by molar-refractivity contribution is 0.0412. The molecule has 0 unspecified atom stereocenters. The van der Waals surface area contributed by atoms with Gasteiger partial charge in [0.2, 0.25) is 0 Å². The van der Waals surface area contributed by atoms with Crippen molar-refractivity contribution in [1.82, 2.24) is 19.8 Å². The Balaban J connectivity index is 0.000000194. The summed E-state index contributed by atoms with van der Waals surface area (Å²) in [5, 5.41) is 24.0. The van der Waals surface area contributed by atoms with E-state index in [0.717, 1.165) is 54.4 Å². The molecule has 420 valence electrons. The Labute approximate surface area is 476 Å². The van der Waals surface area contributed by atoms with Gasteiger partial charge in [-0.2, -0.15) is 10.5 Å². The van der Waals surface area contributed by atoms with Crippen molar-refractivity contribution in [3.8, 4) is 12.1 Å². The van der Waals surface area contributed by atoms with Gasteiger partial charge in [0.05, 0.1) is 47.6 Å². The van der Waals surface area contributed by atoms with Crippen LogP contribution in [0.3, 0.4) is 0 Å². The van der Waals surface area contributed by atoms with E-state index in [9.17, 15) is 19.2 Å². The third-order valence-corrected chi connectivity index (χ3v) is 15.5. The van der Waals surface area contributed by atoms with Gasteiger partial charge < -0.3 is 34.8 Å². The van der Waals surface area contributed by atoms with Crippen LogP contribution in [0.25, 0.3) is 0 Å². The van der Waals surface area contributed by atoms with Gasteiger partial charge in [0.15, 0.2) is 0 Å². The summed E-state index contributed by atoms with van der Waals surface area (Å²) in [5.74, 6) is -0.257. The number of ether oxygens (including phenoxy) is 2. The molecule has 81 heavy (non-hydrogen) atoms. The molecule has 4 aliphatic rings. The van der Waals surface area contributed by atoms with Crippen molar-refractivity contribution in [2.24, 2.45) is 0 Å². The number of nitriles is 2. The van der Waals surface area contributed by atoms with Gasteiger partial charge in [0, 0.05) is 113 Å². The average molecular weight is 1120 g/mol. The van der Waals surface area contributed by atoms with E-state index in [2.05, 4.69) is 25.5 Å². The van der Waals surface area contributed by atoms with Crippen molar-refractivity contribution < 1.29 is 37.4 Å². The summed E-state index contributed by atoms with van der Waals surface area (Å²) in [6.45, 7) is 13.3. The minimum absolute atomic E-state index is 0.169. The van der Waals surface area contributed by atoms with Crippen LogP contribution in [0, 0.1) is 50.4 Å². The first kappa shape index (κ1) is 59.0. The van der Waals surface area contributed by atoms with Crippen molar-refractivity contribution in [3.63, 3.8) is 0 Å². The number of amides is 4. The second-order valence-electron chi connectivity index (χ2n) is 20.8. The Morgan fingerprint density at radius 2 is 0.963 bits per heavy atom. The van der Waals surface area contributed by atoms with E-state index in [0.29, 0.717) is 74.2 Å². The number of nitrogens with zero attached hydrogens (tertiary/aromatic N) is 7. The molecule has 4 fully saturated rings. The number of hydrogen-bond donors (Lipinski definition) is 2. The number of halogens is 3. The van der Waals surface area contributed by atoms with E-state index in [4.69, 9.17) is 31.6 Å². The number of alkyl halides is 2. The number of aromatic nitrogens is 2. The summed E-state index contributed by atoms with van der Waals surface area (Å²) in [4.78, 5) is 66.3. The van der Waals surface area contributed by atoms with Crippen LogP contribution in [0.1, 0.15) is 131 Å². The first-order valence-corrected chi connectivity index (χ1v) is 27.7. The number of aryl methyl sites for hydroxylation is 4. The van der Waals surface area contributed by atoms with E-state index in [1.54, 1.807) is 88.8 Å². The third kappa shape index (κ3) is 14.8. The van der Waals surface area contributed by atoms with E-state index in [1.165, 1.54) is 31.5 Å². The number of benzene rings is 4. The maximum atomic E-state index is 15.7. The first-order chi connectivity index (χ1) is 39.0. The number of pyridine rings is 2. The second kappa shape index (κ2) is 26.9. The van der Waals surface area contributed by atoms with Crippen LogP contribution in [0.15, 0.2) is 109 Å². The minimum atomic E-state index is -1.54. The maximum absolute atomic E-state index is 15.7. The molecule has 6 aromatic rings. The molecule has 15 nitrogen and oxygen atoms in total. The van der Waals surface area contributed by atoms with Crippen LogP contribution in [0.2, 0.25) is 5.15 Å². The fraction of sp³-hybridized carbons (Fsp3) is 0.365. The molecule has 4 saturated heterocycles. The quantitative estimate of drug-likeness (QED) is 0.131. The zero-order chi connectivity index (χ0) is 57.7. The molecule has 4 aromatic carbocycles. The molecule has 10 rings (SSSR count). The Morgan fingerprint density at radius 3 is 1.32 bits per heavy atom. The smallest absolute Gasteiger partial charge is 0.257 e. The van der Waals surface area contributed by atoms with Crippen molar-refractivity contribution in [1.29, 1.82) is 10.5 Å². The number of nitrogens with one attached hydrogen (secondary N) is 2. The molecule has 4 aliphatic heterocycles. The Kier molecular flexibility index (Phi) is 19.6. The molecule has 6 heterocycles. The van der Waals surface area contributed by atoms with Crippen LogP contribution in [0.5, 0.6) is 0 Å². The highest BCUT2D eigenvalue weighted by molar-refractivity contribution is 6.29. The fourth-order valence-corrected chi connectivity index (χ4v) is 10.4. The lowest BCUT2D eigenvalue weighted by Gasteiger charge is -2.37. The summed E-state index contributed by atoms with van der Waals surface area (Å²) in [7, 11) is 0. The molecule has 4 amide bonds. The Morgan fingerprint density at radius 1 is 0.543 bits per heavy atom. The van der Waals surface area contributed by atoms with Gasteiger partial charge in [-0.05, 0) is 141 Å². The summed E-state index contributed by atoms with van der Waals surface area (Å²) in [5.41, 5.74) is 4.94. The number of piperidine rings is 2. The van der Waals surface area contributed by atoms with Crippen LogP contribution in [0.4, 0.5) is 26.0 Å². The van der Waals surface area contributed by atoms with E-state index in [-0.39, 0.29) is 75.5 Å². The van der Waals surface area contributed by atoms with Crippen LogP contribution in [-0.2, 0) is 20.8 Å². The van der Waals surface area contributed by atoms with Gasteiger partial charge in [-0.15, -0.1) is 0 Å². The first-order valence-electron chi connectivity index (χ1n) is 27.3. The zero-order valence-electron chi connectivity index (χ0n) is 46.1. The number of morpholine rings is 1. The van der Waals surface area contributed by atoms with E-state index in [1.807, 2.05) is 58.0 Å². The molecule has 0 atom stereocenters. The van der Waals surface area contributed by atoms with Crippen molar-refractivity contribution >= 4 is 52.4 Å². The number of likely N-dealkylation sites (tertiary alicyclic amines) is 2. The highest BCUT2D eigenvalue weighted by atomic mass is 35.5. The Hall–Kier alpha value is -8.09. The maximum Gasteiger partial charge on any atom is 0.257 e. The highest BCUT2D eigenvalue weighted by Gasteiger charge is 2.39. The molecular weight excluding hydrogens is 1050 g/mol. The third-order valence-electron chi connectivity index (χ3n) is 15.3. The molecule has 0 radical (unpaired) electrons. The van der Waals surface area contributed by atoms with Crippen LogP contribution >= 0.6 is 11.6 Å². The number of hydrogen-bond acceptors (Lipinski definition) is 11. The molecule has 18 heteroatoms. The summed E-state index contributed by atoms with van der Waals surface area (Å²) >= 11 is 5.79. The lowest BCUT2D eigenvalue weighted by atomic mass is 9.85. The zero-order valence-corrected chi connectivity index (χ0v) is 46.9. The molecule has 0 aliphatic carbocycles. The molecule has 0 spiro atoms. The molecule has 0 bridgehead atoms. The number of carbonyl (C=O) groups excluding carboxylic acids is 4. The largest absolute Gasteiger partial charge is 0.381 e. The van der Waals surface area contributed by atoms with Gasteiger partial charge in [0.1, 0.15) is 22.3 Å². The predicted molar refractivity (Wildman–Crippen MR) is 307 cm³/mol. The summed E-state index contributed by atoms with van der Waals surface area (Å²) in [6.07, 6.45) is 7.56. The lowest BCUT2D eigenvalue weighted by Crippen LogP contribution is -2.43. The number of rotatable bonds is 9. The van der Waals surface area contributed by atoms with Gasteiger partial charge in [0.25, 0.3) is 23.6 Å². The number of anilines is 3. The Bertz CT molecular complexity index is 3270. The number of carbonyl (C=O) groups is 4. The average Bonchev–Trinajstić information content (AvgIpc) is 3.52. The van der Waals surface area contributed by atoms with Gasteiger partial charge >= 0.3 is 0 Å². The van der Waals surface area contributed by atoms with Gasteiger partial charge in [-0.3, -0.25) is 19.2 Å². The molecule has 0 saturated carbocycles. The fourth-order valence-electron chi connectivity index (χ4n) is 10.3. The van der Waals surface area contributed by atoms with Crippen LogP contribution in [-0.4, -0.2) is 109 Å². The van der Waals surface area contributed by atoms with E-state index < -0.39 is 11.3 Å². The topological polar surface area (TPSA) is 194 Å². The molecule has 2 aromatic heterocycles. The summed E-state index contributed by atoms with van der Waals surface area (Å²) < 4.78 is 41.8. The van der Waals surface area contributed by atoms with Gasteiger partial charge in [-0.25, -0.2) is 18.7 Å². The summed E-state index contributed by atoms with van der Waals surface area (Å²) in [6, 6.07) is 30.9. The molecule has 2 N–H and O–H groups in total. The predicted octanol–water partition coefficient (Wildman–Crippen LogP) is 11.5. The van der Waals surface area contributed by atoms with Crippen molar-refractivity contribution in [2.75, 3.05) is 81.2 Å². The van der Waals surface area contributed by atoms with Crippen molar-refractivity contribution in [3.05, 3.63) is 181 Å². The normalized spacial score (nSPS) is 16.4. The van der Waals surface area contributed by atoms with Gasteiger partial charge in [-0.1, -0.05) is 48.0 Å². The van der Waals surface area contributed by atoms with Crippen molar-refractivity contribution in [2.45, 2.75) is 84.0 Å². The van der Waals surface area contributed by atoms with Crippen LogP contribution < -0.4 is 15.5 Å². The highest BCUT2D eigenvalue weighted by Crippen LogP contribution is 2.39. The van der Waals surface area contributed by atoms with E-state index >= 15 is 8.78 Å². The standard InChI is InChI=1S/C31H32FN5O3.C27H24ClFN4O2.C5H10O/c1-21-17-22(2)27(35-29(38)24-5-8-28(34-20-24)36-13-15-40-16-14-36)18-26(21)30(39)37-11-9-31(32,10-12-37)25-6-3-23(19-33)4-7-25;1-17-13-18(2)23(32-25(34)20-5-8-24(28)31-16-20)14-22(17)26(35)33-11-9-27(29,10-12-33)21-6-3-19(15-30)4-7-21;1-2-4-6-5-3-1/h3-8,17-18,20H,9-16H2,1-2H3,(H,35,38);3-8,13-14,16H,9-12H2,1-2H3,(H,32,34);1-5H2. The second-order valence-corrected chi connectivity index (χ2v) is 21.2. The molecular formula is C63H66ClF2N9O6. The SMILES string of the molecule is C1CCOCC1.Cc1cc(C)c(C(=O)N2CCC(F)(c3ccc(C#N)cc3)CC2)cc1NC(=O)c1ccc(Cl)nc1.Cc1cc(C)c(C(=O)N2CCC(F)(c3ccc(C#N)cc3)CC2)cc1NC(=O)c1ccc(N2CCOCC2)nc1. The minimum Gasteiger partial charge on any atom is -0.381 e.